The van der Waals surface area contributed by atoms with E-state index in [0.717, 1.165) is 22.1 Å². The number of pyridine rings is 1. The van der Waals surface area contributed by atoms with Gasteiger partial charge in [0, 0.05) is 17.1 Å². The van der Waals surface area contributed by atoms with Gasteiger partial charge in [0.1, 0.15) is 18.0 Å². The number of hydrogen-bond acceptors (Lipinski definition) is 6. The first-order chi connectivity index (χ1) is 16.0. The molecule has 2 aromatic heterocycles. The summed E-state index contributed by atoms with van der Waals surface area (Å²) in [5, 5.41) is 11.0. The minimum absolute atomic E-state index is 0.0137. The van der Waals surface area contributed by atoms with Gasteiger partial charge in [0.25, 0.3) is 5.56 Å². The van der Waals surface area contributed by atoms with E-state index in [4.69, 9.17) is 14.3 Å². The first-order valence-electron chi connectivity index (χ1n) is 10.0. The van der Waals surface area contributed by atoms with Crippen molar-refractivity contribution in [3.05, 3.63) is 99.9 Å². The van der Waals surface area contributed by atoms with Crippen LogP contribution in [-0.4, -0.2) is 20.6 Å². The molecule has 5 aromatic rings. The molecule has 2 heterocycles. The summed E-state index contributed by atoms with van der Waals surface area (Å²) < 4.78 is 11.7. The minimum Gasteiger partial charge on any atom is -0.480 e. The van der Waals surface area contributed by atoms with Gasteiger partial charge in [0.2, 0.25) is 0 Å². The Morgan fingerprint density at radius 1 is 0.970 bits per heavy atom. The normalized spacial score (nSPS) is 11.0. The summed E-state index contributed by atoms with van der Waals surface area (Å²) in [5.74, 6) is -0.988. The van der Waals surface area contributed by atoms with Crippen molar-refractivity contribution in [3.63, 3.8) is 0 Å². The van der Waals surface area contributed by atoms with E-state index in [1.54, 1.807) is 0 Å². The Balaban J connectivity index is 1.46. The van der Waals surface area contributed by atoms with Gasteiger partial charge in [-0.2, -0.15) is 0 Å². The van der Waals surface area contributed by atoms with Gasteiger partial charge in [-0.05, 0) is 35.2 Å². The van der Waals surface area contributed by atoms with Crippen molar-refractivity contribution in [1.82, 2.24) is 9.55 Å². The minimum atomic E-state index is -1.33. The predicted octanol–water partition coefficient (Wildman–Crippen LogP) is 4.05. The van der Waals surface area contributed by atoms with Crippen molar-refractivity contribution in [2.45, 2.75) is 6.54 Å². The highest BCUT2D eigenvalue weighted by atomic mass is 16.5. The van der Waals surface area contributed by atoms with E-state index in [2.05, 4.69) is 4.98 Å². The Bertz CT molecular complexity index is 1630. The van der Waals surface area contributed by atoms with Crippen LogP contribution in [0.15, 0.2) is 93.0 Å². The second-order valence-corrected chi connectivity index (χ2v) is 7.33. The number of fused-ring (bicyclic) bond motifs is 2. The molecule has 0 fully saturated rings. The number of rotatable bonds is 5. The van der Waals surface area contributed by atoms with Crippen molar-refractivity contribution in [1.29, 1.82) is 0 Å². The molecule has 0 saturated carbocycles. The molecule has 3 aromatic carbocycles. The molecule has 0 aliphatic heterocycles. The lowest BCUT2D eigenvalue weighted by molar-refractivity contribution is -0.137. The number of nitrogens with zero attached hydrogens (tertiary/aromatic N) is 2. The number of hydrogen-bond donors (Lipinski definition) is 1. The van der Waals surface area contributed by atoms with E-state index < -0.39 is 23.8 Å². The Morgan fingerprint density at radius 3 is 2.52 bits per heavy atom. The molecule has 0 aliphatic rings. The number of ether oxygens (including phenoxy) is 1. The summed E-state index contributed by atoms with van der Waals surface area (Å²) in [4.78, 5) is 39.4. The van der Waals surface area contributed by atoms with Gasteiger partial charge >= 0.3 is 11.7 Å². The Morgan fingerprint density at radius 2 is 1.73 bits per heavy atom. The number of carboxylic acid groups (broad SMARTS) is 1. The van der Waals surface area contributed by atoms with Crippen LogP contribution in [0.3, 0.4) is 0 Å². The molecule has 0 atom stereocenters. The SMILES string of the molecule is O=C(O)Cn1c(=O)oc2cc(-c3ccc(Oc4cccc5ccccc45)cc3)cnc2c1=O. The van der Waals surface area contributed by atoms with Gasteiger partial charge in [-0.3, -0.25) is 9.59 Å². The van der Waals surface area contributed by atoms with Crippen molar-refractivity contribution in [3.8, 4) is 22.6 Å². The molecule has 33 heavy (non-hydrogen) atoms. The summed E-state index contributed by atoms with van der Waals surface area (Å²) in [6, 6.07) is 22.6. The molecule has 1 N–H and O–H groups in total. The molecule has 0 saturated heterocycles. The lowest BCUT2D eigenvalue weighted by Crippen LogP contribution is -2.35. The highest BCUT2D eigenvalue weighted by Crippen LogP contribution is 2.31. The largest absolute Gasteiger partial charge is 0.480 e. The van der Waals surface area contributed by atoms with E-state index >= 15 is 0 Å². The van der Waals surface area contributed by atoms with Gasteiger partial charge in [-0.1, -0.05) is 48.5 Å². The van der Waals surface area contributed by atoms with Gasteiger partial charge in [-0.25, -0.2) is 14.3 Å². The van der Waals surface area contributed by atoms with Crippen LogP contribution in [0.4, 0.5) is 0 Å². The third kappa shape index (κ3) is 3.85. The smallest absolute Gasteiger partial charge is 0.422 e. The Kier molecular flexibility index (Phi) is 4.95. The van der Waals surface area contributed by atoms with Crippen molar-refractivity contribution in [2.24, 2.45) is 0 Å². The zero-order chi connectivity index (χ0) is 22.9. The number of benzene rings is 3. The average Bonchev–Trinajstić information content (AvgIpc) is 2.82. The highest BCUT2D eigenvalue weighted by molar-refractivity contribution is 5.88. The van der Waals surface area contributed by atoms with E-state index in [1.165, 1.54) is 12.3 Å². The van der Waals surface area contributed by atoms with Crippen LogP contribution in [0.5, 0.6) is 11.5 Å². The quantitative estimate of drug-likeness (QED) is 0.439. The van der Waals surface area contributed by atoms with Crippen LogP contribution in [-0.2, 0) is 11.3 Å². The average molecular weight is 440 g/mol. The summed E-state index contributed by atoms with van der Waals surface area (Å²) in [6.07, 6.45) is 1.47. The molecule has 0 radical (unpaired) electrons. The molecule has 0 unspecified atom stereocenters. The Labute approximate surface area is 185 Å². The molecule has 0 amide bonds. The molecule has 5 rings (SSSR count). The number of carbonyl (C=O) groups is 1. The van der Waals surface area contributed by atoms with Crippen LogP contribution in [0.1, 0.15) is 0 Å². The van der Waals surface area contributed by atoms with E-state index in [1.807, 2.05) is 66.7 Å². The van der Waals surface area contributed by atoms with Crippen LogP contribution in [0, 0.1) is 0 Å². The monoisotopic (exact) mass is 440 g/mol. The molecule has 8 heteroatoms. The van der Waals surface area contributed by atoms with Crippen LogP contribution in [0.25, 0.3) is 33.0 Å². The van der Waals surface area contributed by atoms with Crippen LogP contribution < -0.4 is 16.1 Å². The zero-order valence-electron chi connectivity index (χ0n) is 17.1. The summed E-state index contributed by atoms with van der Waals surface area (Å²) in [6.45, 7) is -0.793. The van der Waals surface area contributed by atoms with Crippen molar-refractivity contribution < 1.29 is 19.1 Å². The van der Waals surface area contributed by atoms with Gasteiger partial charge < -0.3 is 14.3 Å². The Hall–Kier alpha value is -4.72. The third-order valence-corrected chi connectivity index (χ3v) is 5.18. The van der Waals surface area contributed by atoms with Crippen LogP contribution in [0.2, 0.25) is 0 Å². The number of carboxylic acids is 1. The summed E-state index contributed by atoms with van der Waals surface area (Å²) in [7, 11) is 0. The van der Waals surface area contributed by atoms with E-state index in [-0.39, 0.29) is 11.1 Å². The number of aliphatic carboxylic acids is 1. The lowest BCUT2D eigenvalue weighted by Gasteiger charge is -2.10. The first-order valence-corrected chi connectivity index (χ1v) is 10.0. The molecule has 0 spiro atoms. The van der Waals surface area contributed by atoms with E-state index in [9.17, 15) is 14.4 Å². The fourth-order valence-electron chi connectivity index (χ4n) is 3.60. The maximum atomic E-state index is 12.4. The maximum Gasteiger partial charge on any atom is 0.422 e. The van der Waals surface area contributed by atoms with Crippen molar-refractivity contribution in [2.75, 3.05) is 0 Å². The molecule has 162 valence electrons. The second kappa shape index (κ2) is 8.08. The third-order valence-electron chi connectivity index (χ3n) is 5.18. The maximum absolute atomic E-state index is 12.4. The summed E-state index contributed by atoms with van der Waals surface area (Å²) in [5.41, 5.74) is 0.453. The van der Waals surface area contributed by atoms with E-state index in [0.29, 0.717) is 15.9 Å². The molecular formula is C25H16N2O6. The molecular weight excluding hydrogens is 424 g/mol. The molecule has 0 aliphatic carbocycles. The van der Waals surface area contributed by atoms with Crippen LogP contribution >= 0.6 is 0 Å². The number of aromatic nitrogens is 2. The van der Waals surface area contributed by atoms with Gasteiger partial charge in [-0.15, -0.1) is 0 Å². The topological polar surface area (TPSA) is 112 Å². The predicted molar refractivity (Wildman–Crippen MR) is 122 cm³/mol. The fraction of sp³-hybridized carbons (Fsp3) is 0.0400. The standard InChI is InChI=1S/C25H16N2O6/c28-22(29)14-27-24(30)23-21(33-25(27)31)12-17(13-26-23)15-8-10-18(11-9-15)32-20-7-3-5-16-4-1-2-6-19(16)20/h1-13H,14H2,(H,28,29). The highest BCUT2D eigenvalue weighted by Gasteiger charge is 2.14. The van der Waals surface area contributed by atoms with Gasteiger partial charge in [0.15, 0.2) is 11.1 Å². The van der Waals surface area contributed by atoms with Crippen molar-refractivity contribution >= 4 is 27.8 Å². The second-order valence-electron chi connectivity index (χ2n) is 7.33. The first kappa shape index (κ1) is 20.2. The van der Waals surface area contributed by atoms with Gasteiger partial charge in [0.05, 0.1) is 0 Å². The lowest BCUT2D eigenvalue weighted by atomic mass is 10.1. The fourth-order valence-corrected chi connectivity index (χ4v) is 3.60. The molecule has 8 nitrogen and oxygen atoms in total. The summed E-state index contributed by atoms with van der Waals surface area (Å²) >= 11 is 0. The molecule has 0 bridgehead atoms. The zero-order valence-corrected chi connectivity index (χ0v) is 17.1.